The Morgan fingerprint density at radius 1 is 1.17 bits per heavy atom. The van der Waals surface area contributed by atoms with Crippen LogP contribution in [0, 0.1) is 6.07 Å². The minimum Gasteiger partial charge on any atom is -0.501 e. The Labute approximate surface area is 161 Å². The first-order chi connectivity index (χ1) is 12.7. The van der Waals surface area contributed by atoms with Crippen LogP contribution in [0.5, 0.6) is 0 Å². The maximum atomic E-state index is 8.25. The van der Waals surface area contributed by atoms with Gasteiger partial charge in [-0.15, -0.1) is 17.3 Å². The zero-order valence-electron chi connectivity index (χ0n) is 17.6. The van der Waals surface area contributed by atoms with Crippen LogP contribution in [0.3, 0.4) is 0 Å². The summed E-state index contributed by atoms with van der Waals surface area (Å²) in [4.78, 5) is 4.11. The van der Waals surface area contributed by atoms with E-state index in [2.05, 4.69) is 30.7 Å². The third-order valence-electron chi connectivity index (χ3n) is 3.96. The van der Waals surface area contributed by atoms with E-state index >= 15 is 0 Å². The summed E-state index contributed by atoms with van der Waals surface area (Å²) in [6.45, 7) is 6.76. The number of fused-ring (bicyclic) bond motifs is 3. The summed E-state index contributed by atoms with van der Waals surface area (Å²) >= 11 is 0. The van der Waals surface area contributed by atoms with Gasteiger partial charge in [-0.2, -0.15) is 0 Å². The van der Waals surface area contributed by atoms with E-state index in [1.807, 2.05) is 30.3 Å². The number of rotatable bonds is 2. The minimum absolute atomic E-state index is 0. The second kappa shape index (κ2) is 6.28. The van der Waals surface area contributed by atoms with E-state index in [0.29, 0.717) is 11.1 Å². The molecule has 2 aromatic heterocycles. The van der Waals surface area contributed by atoms with Crippen molar-refractivity contribution in [3.63, 3.8) is 0 Å². The first kappa shape index (κ1) is 12.6. The summed E-state index contributed by atoms with van der Waals surface area (Å²) in [7, 11) is -1.71. The number of furan rings is 1. The molecular formula is C20H18IrNOSi-. The summed E-state index contributed by atoms with van der Waals surface area (Å²) in [6.07, 6.45) is -0.321. The molecule has 4 heteroatoms. The van der Waals surface area contributed by atoms with Gasteiger partial charge in [-0.25, -0.2) is 0 Å². The van der Waals surface area contributed by atoms with E-state index in [9.17, 15) is 0 Å². The Bertz CT molecular complexity index is 1220. The average molecular weight is 513 g/mol. The van der Waals surface area contributed by atoms with E-state index in [4.69, 9.17) is 9.90 Å². The van der Waals surface area contributed by atoms with Crippen LogP contribution in [0.1, 0.15) is 5.48 Å². The standard InChI is InChI=1S/C20H18NOSi.Ir/c1-23(2,3)18-12-11-14(16-9-6-7-13-21-16)20-19(18)15-8-4-5-10-17(15)22-20;/h4-10,12-13H,1-3H3;/q-1;/i6D,7D,9D,13D;. The molecular weight excluding hydrogens is 491 g/mol. The average Bonchev–Trinajstić information content (AvgIpc) is 3.01. The van der Waals surface area contributed by atoms with E-state index < -0.39 is 8.07 Å². The molecule has 0 aliphatic rings. The molecule has 1 radical (unpaired) electrons. The normalized spacial score (nSPS) is 14.0. The van der Waals surface area contributed by atoms with Crippen LogP contribution in [0.2, 0.25) is 19.6 Å². The summed E-state index contributed by atoms with van der Waals surface area (Å²) < 4.78 is 37.9. The summed E-state index contributed by atoms with van der Waals surface area (Å²) in [5.74, 6) is 0. The Balaban J connectivity index is 0.00000225. The van der Waals surface area contributed by atoms with Gasteiger partial charge in [0.15, 0.2) is 0 Å². The van der Waals surface area contributed by atoms with Gasteiger partial charge >= 0.3 is 0 Å². The smallest absolute Gasteiger partial charge is 0.120 e. The third kappa shape index (κ3) is 2.75. The first-order valence-electron chi connectivity index (χ1n) is 9.51. The van der Waals surface area contributed by atoms with Crippen LogP contribution in [-0.2, 0) is 20.1 Å². The summed E-state index contributed by atoms with van der Waals surface area (Å²) in [6, 6.07) is 12.1. The zero-order valence-corrected chi connectivity index (χ0v) is 17.0. The fraction of sp³-hybridized carbons (Fsp3) is 0.150. The maximum Gasteiger partial charge on any atom is 0.120 e. The number of benzene rings is 2. The Hall–Kier alpha value is -1.74. The second-order valence-corrected chi connectivity index (χ2v) is 11.6. The van der Waals surface area contributed by atoms with Crippen molar-refractivity contribution in [3.05, 3.63) is 60.7 Å². The molecule has 0 unspecified atom stereocenters. The van der Waals surface area contributed by atoms with Crippen LogP contribution in [0.4, 0.5) is 0 Å². The van der Waals surface area contributed by atoms with Gasteiger partial charge in [0.1, 0.15) is 5.58 Å². The molecule has 0 aliphatic heterocycles. The molecule has 4 aromatic rings. The fourth-order valence-electron chi connectivity index (χ4n) is 2.89. The molecule has 0 saturated heterocycles. The molecule has 0 amide bonds. The Morgan fingerprint density at radius 2 is 1.96 bits per heavy atom. The molecule has 0 aliphatic carbocycles. The Kier molecular flexibility index (Phi) is 3.30. The van der Waals surface area contributed by atoms with Crippen molar-refractivity contribution in [1.82, 2.24) is 4.98 Å². The van der Waals surface area contributed by atoms with Gasteiger partial charge < -0.3 is 9.40 Å². The molecule has 2 heterocycles. The number of para-hydroxylation sites is 1. The molecule has 0 N–H and O–H groups in total. The maximum absolute atomic E-state index is 8.25. The van der Waals surface area contributed by atoms with Crippen molar-refractivity contribution in [3.8, 4) is 11.3 Å². The molecule has 123 valence electrons. The molecule has 2 aromatic carbocycles. The fourth-order valence-corrected chi connectivity index (χ4v) is 4.39. The number of hydrogen-bond acceptors (Lipinski definition) is 2. The number of hydrogen-bond donors (Lipinski definition) is 0. The van der Waals surface area contributed by atoms with Crippen molar-refractivity contribution < 1.29 is 30.0 Å². The number of nitrogens with zero attached hydrogens (tertiary/aromatic N) is 1. The van der Waals surface area contributed by atoms with Crippen LogP contribution in [-0.4, -0.2) is 13.1 Å². The third-order valence-corrected chi connectivity index (χ3v) is 5.97. The van der Waals surface area contributed by atoms with Crippen molar-refractivity contribution in [2.24, 2.45) is 0 Å². The molecule has 0 saturated carbocycles. The van der Waals surface area contributed by atoms with Gasteiger partial charge in [0.05, 0.1) is 11.1 Å². The number of aromatic nitrogens is 1. The van der Waals surface area contributed by atoms with Gasteiger partial charge in [0, 0.05) is 39.7 Å². The van der Waals surface area contributed by atoms with E-state index in [1.54, 1.807) is 0 Å². The van der Waals surface area contributed by atoms with E-state index in [0.717, 1.165) is 16.4 Å². The molecule has 2 nitrogen and oxygen atoms in total. The van der Waals surface area contributed by atoms with E-state index in [-0.39, 0.29) is 50.1 Å². The van der Waals surface area contributed by atoms with Crippen LogP contribution in [0.15, 0.2) is 59.0 Å². The predicted molar refractivity (Wildman–Crippen MR) is 98.8 cm³/mol. The van der Waals surface area contributed by atoms with Crippen molar-refractivity contribution in [1.29, 1.82) is 0 Å². The van der Waals surface area contributed by atoms with E-state index in [1.165, 1.54) is 5.19 Å². The summed E-state index contributed by atoms with van der Waals surface area (Å²) in [5.41, 5.74) is 1.95. The van der Waals surface area contributed by atoms with Gasteiger partial charge in [-0.1, -0.05) is 60.9 Å². The van der Waals surface area contributed by atoms with Gasteiger partial charge in [0.2, 0.25) is 0 Å². The molecule has 0 spiro atoms. The van der Waals surface area contributed by atoms with Crippen LogP contribution in [0.25, 0.3) is 33.2 Å². The Morgan fingerprint density at radius 3 is 2.75 bits per heavy atom. The quantitative estimate of drug-likeness (QED) is 0.279. The SMILES string of the molecule is [2H]c1nc(-c2[c-]cc([Si](C)(C)C)c3c2oc2ccccc23)c([2H])c([2H])c1[2H].[Ir]. The largest absolute Gasteiger partial charge is 0.501 e. The van der Waals surface area contributed by atoms with Gasteiger partial charge in [-0.05, 0) is 17.8 Å². The summed E-state index contributed by atoms with van der Waals surface area (Å²) in [5, 5.41) is 3.20. The predicted octanol–water partition coefficient (Wildman–Crippen LogP) is 4.99. The van der Waals surface area contributed by atoms with Crippen molar-refractivity contribution in [2.75, 3.05) is 0 Å². The number of pyridine rings is 1. The molecule has 0 bridgehead atoms. The van der Waals surface area contributed by atoms with Crippen LogP contribution >= 0.6 is 0 Å². The molecule has 0 atom stereocenters. The first-order valence-corrected chi connectivity index (χ1v) is 11.0. The topological polar surface area (TPSA) is 26.0 Å². The monoisotopic (exact) mass is 513 g/mol. The van der Waals surface area contributed by atoms with Gasteiger partial charge in [-0.3, -0.25) is 0 Å². The van der Waals surface area contributed by atoms with Crippen molar-refractivity contribution >= 4 is 35.2 Å². The second-order valence-electron chi connectivity index (χ2n) is 6.58. The van der Waals surface area contributed by atoms with Crippen LogP contribution < -0.4 is 5.19 Å². The molecule has 24 heavy (non-hydrogen) atoms. The molecule has 4 rings (SSSR count). The van der Waals surface area contributed by atoms with Crippen molar-refractivity contribution in [2.45, 2.75) is 19.6 Å². The molecule has 0 fully saturated rings. The minimum atomic E-state index is -1.71. The van der Waals surface area contributed by atoms with Gasteiger partial charge in [0.25, 0.3) is 0 Å². The zero-order chi connectivity index (χ0) is 19.5.